The van der Waals surface area contributed by atoms with Crippen LogP contribution in [0, 0.1) is 0 Å². The van der Waals surface area contributed by atoms with Crippen LogP contribution in [0.1, 0.15) is 34.2 Å². The first-order valence-electron chi connectivity index (χ1n) is 6.15. The van der Waals surface area contributed by atoms with Gasteiger partial charge in [-0.3, -0.25) is 4.79 Å². The number of anilines is 1. The van der Waals surface area contributed by atoms with Crippen LogP contribution in [0.4, 0.5) is 5.69 Å². The van der Waals surface area contributed by atoms with Crippen molar-refractivity contribution in [2.24, 2.45) is 0 Å². The van der Waals surface area contributed by atoms with Gasteiger partial charge in [-0.25, -0.2) is 9.48 Å². The van der Waals surface area contributed by atoms with Crippen molar-refractivity contribution in [1.82, 2.24) is 20.2 Å². The number of aromatic nitrogens is 4. The Labute approximate surface area is 118 Å². The number of aromatic carboxylic acids is 1. The number of aliphatic carboxylic acids is 1. The number of nitrogens with one attached hydrogen (secondary N) is 1. The summed E-state index contributed by atoms with van der Waals surface area (Å²) in [6.45, 7) is 0.348. The van der Waals surface area contributed by atoms with Crippen LogP contribution in [-0.2, 0) is 11.3 Å². The molecule has 0 saturated heterocycles. The Hall–Kier alpha value is -2.97. The fraction of sp³-hybridized carbons (Fsp3) is 0.250. The molecule has 0 spiro atoms. The van der Waals surface area contributed by atoms with Crippen molar-refractivity contribution in [2.45, 2.75) is 19.0 Å². The summed E-state index contributed by atoms with van der Waals surface area (Å²) in [5.41, 5.74) is 1.48. The maximum atomic E-state index is 11.0. The quantitative estimate of drug-likeness (QED) is 0.738. The molecule has 21 heavy (non-hydrogen) atoms. The molecule has 1 aromatic heterocycles. The van der Waals surface area contributed by atoms with Gasteiger partial charge in [0.25, 0.3) is 0 Å². The van der Waals surface area contributed by atoms with Gasteiger partial charge in [0.1, 0.15) is 0 Å². The zero-order valence-corrected chi connectivity index (χ0v) is 10.7. The second-order valence-corrected chi connectivity index (χ2v) is 4.67. The van der Waals surface area contributed by atoms with E-state index in [-0.39, 0.29) is 12.0 Å². The van der Waals surface area contributed by atoms with Gasteiger partial charge in [0.15, 0.2) is 5.82 Å². The highest BCUT2D eigenvalue weighted by atomic mass is 16.4. The minimum absolute atomic E-state index is 0.126. The van der Waals surface area contributed by atoms with E-state index in [9.17, 15) is 9.59 Å². The molecule has 9 nitrogen and oxygen atoms in total. The van der Waals surface area contributed by atoms with E-state index in [0.717, 1.165) is 5.56 Å². The van der Waals surface area contributed by atoms with Crippen LogP contribution in [0.15, 0.2) is 18.2 Å². The molecule has 1 aromatic carbocycles. The summed E-state index contributed by atoms with van der Waals surface area (Å²) in [5, 5.41) is 32.3. The van der Waals surface area contributed by atoms with Crippen molar-refractivity contribution in [3.8, 4) is 0 Å². The molecule has 0 unspecified atom stereocenters. The molecular formula is C12H11N5O4. The highest BCUT2D eigenvalue weighted by Crippen LogP contribution is 2.29. The smallest absolute Gasteiger partial charge is 0.335 e. The Morgan fingerprint density at radius 3 is 2.90 bits per heavy atom. The number of hydrogen-bond donors (Lipinski definition) is 3. The zero-order chi connectivity index (χ0) is 15.0. The molecule has 0 amide bonds. The highest BCUT2D eigenvalue weighted by Gasteiger charge is 2.26. The maximum absolute atomic E-state index is 11.0. The average Bonchev–Trinajstić information content (AvgIpc) is 2.82. The molecule has 3 N–H and O–H groups in total. The van der Waals surface area contributed by atoms with E-state index in [4.69, 9.17) is 10.2 Å². The number of hydrogen-bond acceptors (Lipinski definition) is 6. The molecule has 0 fully saturated rings. The molecule has 3 rings (SSSR count). The minimum atomic E-state index is -1.05. The first-order valence-corrected chi connectivity index (χ1v) is 6.15. The fourth-order valence-electron chi connectivity index (χ4n) is 2.29. The summed E-state index contributed by atoms with van der Waals surface area (Å²) in [6.07, 6.45) is -0.211. The molecule has 2 aromatic rings. The minimum Gasteiger partial charge on any atom is -0.481 e. The standard InChI is InChI=1S/C12H11N5O4/c18-10(19)4-9-11-14-15-16-17(11)5-7-2-1-6(12(20)21)3-8(7)13-9/h1-3,9,13H,4-5H2,(H,18,19)(H,20,21)/t9-/m1/s1. The van der Waals surface area contributed by atoms with E-state index in [1.165, 1.54) is 16.8 Å². The fourth-order valence-corrected chi connectivity index (χ4v) is 2.29. The molecule has 0 saturated carbocycles. The summed E-state index contributed by atoms with van der Waals surface area (Å²) >= 11 is 0. The number of tetrazole rings is 1. The van der Waals surface area contributed by atoms with Crippen LogP contribution >= 0.6 is 0 Å². The Bertz CT molecular complexity index is 726. The van der Waals surface area contributed by atoms with Gasteiger partial charge in [0.2, 0.25) is 0 Å². The first-order chi connectivity index (χ1) is 10.0. The van der Waals surface area contributed by atoms with Crippen molar-refractivity contribution in [1.29, 1.82) is 0 Å². The lowest BCUT2D eigenvalue weighted by Crippen LogP contribution is -2.18. The number of carboxylic acids is 2. The van der Waals surface area contributed by atoms with Gasteiger partial charge in [-0.05, 0) is 28.1 Å². The van der Waals surface area contributed by atoms with Gasteiger partial charge in [-0.15, -0.1) is 5.10 Å². The van der Waals surface area contributed by atoms with Crippen LogP contribution in [0.5, 0.6) is 0 Å². The van der Waals surface area contributed by atoms with Crippen molar-refractivity contribution >= 4 is 17.6 Å². The summed E-state index contributed by atoms with van der Waals surface area (Å²) in [5.74, 6) is -1.64. The summed E-state index contributed by atoms with van der Waals surface area (Å²) in [4.78, 5) is 22.0. The predicted molar refractivity (Wildman–Crippen MR) is 68.9 cm³/mol. The number of nitrogens with zero attached hydrogens (tertiary/aromatic N) is 4. The van der Waals surface area contributed by atoms with Gasteiger partial charge in [0, 0.05) is 5.69 Å². The van der Waals surface area contributed by atoms with Crippen LogP contribution in [-0.4, -0.2) is 42.4 Å². The number of fused-ring (bicyclic) bond motifs is 2. The van der Waals surface area contributed by atoms with Crippen LogP contribution in [0.25, 0.3) is 0 Å². The van der Waals surface area contributed by atoms with Gasteiger partial charge in [0.05, 0.1) is 24.6 Å². The third kappa shape index (κ3) is 2.40. The van der Waals surface area contributed by atoms with Crippen LogP contribution < -0.4 is 5.32 Å². The molecule has 2 heterocycles. The Kier molecular flexibility index (Phi) is 3.01. The predicted octanol–water partition coefficient (Wildman–Crippen LogP) is 0.361. The summed E-state index contributed by atoms with van der Waals surface area (Å²) in [7, 11) is 0. The van der Waals surface area contributed by atoms with E-state index in [2.05, 4.69) is 20.8 Å². The van der Waals surface area contributed by atoms with E-state index < -0.39 is 18.0 Å². The van der Waals surface area contributed by atoms with E-state index in [0.29, 0.717) is 18.1 Å². The number of carbonyl (C=O) groups is 2. The monoisotopic (exact) mass is 289 g/mol. The lowest BCUT2D eigenvalue weighted by Gasteiger charge is -2.15. The lowest BCUT2D eigenvalue weighted by atomic mass is 10.1. The number of carboxylic acid groups (broad SMARTS) is 2. The molecule has 0 bridgehead atoms. The van der Waals surface area contributed by atoms with Crippen molar-refractivity contribution < 1.29 is 19.8 Å². The van der Waals surface area contributed by atoms with Crippen molar-refractivity contribution in [3.05, 3.63) is 35.2 Å². The van der Waals surface area contributed by atoms with Crippen molar-refractivity contribution in [3.63, 3.8) is 0 Å². The van der Waals surface area contributed by atoms with Gasteiger partial charge in [-0.2, -0.15) is 0 Å². The maximum Gasteiger partial charge on any atom is 0.335 e. The SMILES string of the molecule is O=C(O)C[C@H]1Nc2cc(C(=O)O)ccc2Cn2nnnc21. The van der Waals surface area contributed by atoms with E-state index >= 15 is 0 Å². The third-order valence-electron chi connectivity index (χ3n) is 3.26. The van der Waals surface area contributed by atoms with Crippen LogP contribution in [0.3, 0.4) is 0 Å². The molecule has 108 valence electrons. The topological polar surface area (TPSA) is 130 Å². The van der Waals surface area contributed by atoms with E-state index in [1.807, 2.05) is 0 Å². The molecule has 1 atom stereocenters. The van der Waals surface area contributed by atoms with Gasteiger partial charge >= 0.3 is 11.9 Å². The zero-order valence-electron chi connectivity index (χ0n) is 10.7. The molecule has 1 aliphatic heterocycles. The molecular weight excluding hydrogens is 278 g/mol. The Morgan fingerprint density at radius 2 is 2.19 bits per heavy atom. The van der Waals surface area contributed by atoms with E-state index in [1.54, 1.807) is 6.07 Å². The number of rotatable bonds is 3. The van der Waals surface area contributed by atoms with Gasteiger partial charge < -0.3 is 15.5 Å². The lowest BCUT2D eigenvalue weighted by molar-refractivity contribution is -0.137. The average molecular weight is 289 g/mol. The molecule has 0 aliphatic carbocycles. The molecule has 0 radical (unpaired) electrons. The second kappa shape index (κ2) is 4.85. The molecule has 9 heteroatoms. The summed E-state index contributed by atoms with van der Waals surface area (Å²) < 4.78 is 1.51. The van der Waals surface area contributed by atoms with Crippen LogP contribution in [0.2, 0.25) is 0 Å². The number of benzene rings is 1. The second-order valence-electron chi connectivity index (χ2n) is 4.67. The Morgan fingerprint density at radius 1 is 1.38 bits per heavy atom. The highest BCUT2D eigenvalue weighted by molar-refractivity contribution is 5.89. The largest absolute Gasteiger partial charge is 0.481 e. The first kappa shape index (κ1) is 13.0. The third-order valence-corrected chi connectivity index (χ3v) is 3.26. The van der Waals surface area contributed by atoms with Crippen molar-refractivity contribution in [2.75, 3.05) is 5.32 Å². The normalized spacial score (nSPS) is 16.3. The molecule has 1 aliphatic rings. The summed E-state index contributed by atoms with van der Waals surface area (Å²) in [6, 6.07) is 4.01. The van der Waals surface area contributed by atoms with Gasteiger partial charge in [-0.1, -0.05) is 6.07 Å². The Balaban J connectivity index is 2.05.